The van der Waals surface area contributed by atoms with Gasteiger partial charge in [0.25, 0.3) is 0 Å². The van der Waals surface area contributed by atoms with E-state index in [4.69, 9.17) is 10.5 Å². The molecule has 140 valence electrons. The minimum atomic E-state index is 0.165. The van der Waals surface area contributed by atoms with Gasteiger partial charge in [-0.2, -0.15) is 0 Å². The van der Waals surface area contributed by atoms with E-state index in [2.05, 4.69) is 17.2 Å². The molecule has 1 fully saturated rings. The van der Waals surface area contributed by atoms with E-state index in [1.54, 1.807) is 0 Å². The molecule has 3 N–H and O–H groups in total. The molecule has 0 aliphatic heterocycles. The largest absolute Gasteiger partial charge is 0.493 e. The highest BCUT2D eigenvalue weighted by Gasteiger charge is 2.26. The summed E-state index contributed by atoms with van der Waals surface area (Å²) in [7, 11) is 0. The molecule has 1 saturated carbocycles. The van der Waals surface area contributed by atoms with Gasteiger partial charge in [-0.3, -0.25) is 9.78 Å². The summed E-state index contributed by atoms with van der Waals surface area (Å²) in [5.41, 5.74) is 8.68. The highest BCUT2D eigenvalue weighted by molar-refractivity contribution is 5.95. The molecule has 5 nitrogen and oxygen atoms in total. The maximum atomic E-state index is 12.1. The van der Waals surface area contributed by atoms with Gasteiger partial charge in [0.15, 0.2) is 0 Å². The van der Waals surface area contributed by atoms with Gasteiger partial charge in [-0.25, -0.2) is 0 Å². The first-order chi connectivity index (χ1) is 12.6. The van der Waals surface area contributed by atoms with Crippen molar-refractivity contribution in [3.63, 3.8) is 0 Å². The molecular formula is C21H29N3O2. The van der Waals surface area contributed by atoms with Gasteiger partial charge in [-0.1, -0.05) is 13.0 Å². The summed E-state index contributed by atoms with van der Waals surface area (Å²) in [6, 6.07) is 7.76. The lowest BCUT2D eigenvalue weighted by atomic mass is 9.82. The number of aromatic nitrogens is 1. The van der Waals surface area contributed by atoms with Crippen LogP contribution in [0.1, 0.15) is 44.7 Å². The number of nitrogens with two attached hydrogens (primary N) is 1. The third kappa shape index (κ3) is 4.26. The third-order valence-corrected chi connectivity index (χ3v) is 5.20. The fourth-order valence-corrected chi connectivity index (χ4v) is 3.73. The Labute approximate surface area is 155 Å². The minimum Gasteiger partial charge on any atom is -0.493 e. The van der Waals surface area contributed by atoms with Crippen LogP contribution in [-0.4, -0.2) is 24.0 Å². The Morgan fingerprint density at radius 3 is 2.81 bits per heavy atom. The summed E-state index contributed by atoms with van der Waals surface area (Å²) in [6.45, 7) is 5.46. The first kappa shape index (κ1) is 18.5. The van der Waals surface area contributed by atoms with Crippen molar-refractivity contribution in [3.8, 4) is 5.75 Å². The molecule has 5 heteroatoms. The number of nitrogen functional groups attached to an aromatic ring is 1. The predicted molar refractivity (Wildman–Crippen MR) is 105 cm³/mol. The van der Waals surface area contributed by atoms with E-state index in [-0.39, 0.29) is 11.8 Å². The van der Waals surface area contributed by atoms with Gasteiger partial charge in [0, 0.05) is 23.8 Å². The molecule has 1 aromatic carbocycles. The maximum absolute atomic E-state index is 12.1. The van der Waals surface area contributed by atoms with E-state index in [1.807, 2.05) is 31.2 Å². The average Bonchev–Trinajstić information content (AvgIpc) is 2.64. The SMILES string of the molecule is CCCNC(=O)[C@H]1CC[C@H](COc2cccc3nc(C)cc(N)c23)CC1. The molecule has 26 heavy (non-hydrogen) atoms. The molecule has 1 amide bonds. The van der Waals surface area contributed by atoms with Crippen LogP contribution in [0.4, 0.5) is 5.69 Å². The summed E-state index contributed by atoms with van der Waals surface area (Å²) in [5, 5.41) is 3.91. The summed E-state index contributed by atoms with van der Waals surface area (Å²) < 4.78 is 6.12. The highest BCUT2D eigenvalue weighted by atomic mass is 16.5. The third-order valence-electron chi connectivity index (χ3n) is 5.20. The van der Waals surface area contributed by atoms with Crippen molar-refractivity contribution in [3.05, 3.63) is 30.0 Å². The molecule has 1 aliphatic rings. The Hall–Kier alpha value is -2.30. The van der Waals surface area contributed by atoms with Gasteiger partial charge in [0.1, 0.15) is 5.75 Å². The molecule has 0 bridgehead atoms. The number of pyridine rings is 1. The van der Waals surface area contributed by atoms with Gasteiger partial charge >= 0.3 is 0 Å². The summed E-state index contributed by atoms with van der Waals surface area (Å²) >= 11 is 0. The van der Waals surface area contributed by atoms with E-state index >= 15 is 0 Å². The number of carbonyl (C=O) groups excluding carboxylic acids is 1. The highest BCUT2D eigenvalue weighted by Crippen LogP contribution is 2.33. The summed E-state index contributed by atoms with van der Waals surface area (Å²) in [5.74, 6) is 1.67. The molecule has 2 aromatic rings. The van der Waals surface area contributed by atoms with Gasteiger partial charge in [0.2, 0.25) is 5.91 Å². The van der Waals surface area contributed by atoms with Crippen LogP contribution in [0.5, 0.6) is 5.75 Å². The molecule has 3 rings (SSSR count). The molecule has 0 atom stereocenters. The lowest BCUT2D eigenvalue weighted by molar-refractivity contribution is -0.126. The summed E-state index contributed by atoms with van der Waals surface area (Å²) in [6.07, 6.45) is 4.94. The summed E-state index contributed by atoms with van der Waals surface area (Å²) in [4.78, 5) is 16.6. The van der Waals surface area contributed by atoms with Crippen molar-refractivity contribution in [2.45, 2.75) is 46.0 Å². The smallest absolute Gasteiger partial charge is 0.223 e. The zero-order valence-electron chi connectivity index (χ0n) is 15.8. The van der Waals surface area contributed by atoms with Crippen LogP contribution >= 0.6 is 0 Å². The molecule has 0 unspecified atom stereocenters. The Morgan fingerprint density at radius 1 is 1.31 bits per heavy atom. The molecule has 1 heterocycles. The lowest BCUT2D eigenvalue weighted by Crippen LogP contribution is -2.34. The lowest BCUT2D eigenvalue weighted by Gasteiger charge is -2.28. The van der Waals surface area contributed by atoms with Crippen molar-refractivity contribution in [1.82, 2.24) is 10.3 Å². The van der Waals surface area contributed by atoms with Crippen LogP contribution in [0, 0.1) is 18.8 Å². The second-order valence-corrected chi connectivity index (χ2v) is 7.32. The zero-order chi connectivity index (χ0) is 18.5. The van der Waals surface area contributed by atoms with Gasteiger partial charge < -0.3 is 15.8 Å². The van der Waals surface area contributed by atoms with Crippen LogP contribution < -0.4 is 15.8 Å². The van der Waals surface area contributed by atoms with Crippen LogP contribution in [-0.2, 0) is 4.79 Å². The number of amides is 1. The zero-order valence-corrected chi connectivity index (χ0v) is 15.8. The molecule has 0 spiro atoms. The number of fused-ring (bicyclic) bond motifs is 1. The first-order valence-electron chi connectivity index (χ1n) is 9.64. The molecule has 1 aliphatic carbocycles. The maximum Gasteiger partial charge on any atom is 0.223 e. The van der Waals surface area contributed by atoms with E-state index < -0.39 is 0 Å². The Kier molecular flexibility index (Phi) is 5.96. The molecule has 1 aromatic heterocycles. The van der Waals surface area contributed by atoms with Crippen LogP contribution in [0.2, 0.25) is 0 Å². The minimum absolute atomic E-state index is 0.165. The molecule has 0 radical (unpaired) electrons. The number of benzene rings is 1. The topological polar surface area (TPSA) is 77.2 Å². The normalized spacial score (nSPS) is 20.1. The Bertz CT molecular complexity index is 767. The van der Waals surface area contributed by atoms with E-state index in [0.717, 1.165) is 61.0 Å². The van der Waals surface area contributed by atoms with Crippen molar-refractivity contribution in [2.75, 3.05) is 18.9 Å². The van der Waals surface area contributed by atoms with E-state index in [9.17, 15) is 4.79 Å². The van der Waals surface area contributed by atoms with Crippen LogP contribution in [0.3, 0.4) is 0 Å². The number of aryl methyl sites for hydroxylation is 1. The van der Waals surface area contributed by atoms with Crippen LogP contribution in [0.15, 0.2) is 24.3 Å². The van der Waals surface area contributed by atoms with E-state index in [0.29, 0.717) is 18.2 Å². The number of hydrogen-bond donors (Lipinski definition) is 2. The number of carbonyl (C=O) groups is 1. The number of anilines is 1. The van der Waals surface area contributed by atoms with Gasteiger partial charge in [-0.15, -0.1) is 0 Å². The standard InChI is InChI=1S/C21H29N3O2/c1-3-11-23-21(25)16-9-7-15(8-10-16)13-26-19-6-4-5-18-20(19)17(22)12-14(2)24-18/h4-6,12,15-16H,3,7-11,13H2,1-2H3,(H2,22,24)(H,23,25)/t15-,16-. The molecule has 0 saturated heterocycles. The number of nitrogens with zero attached hydrogens (tertiary/aromatic N) is 1. The number of nitrogens with one attached hydrogen (secondary N) is 1. The van der Waals surface area contributed by atoms with Crippen molar-refractivity contribution < 1.29 is 9.53 Å². The second kappa shape index (κ2) is 8.39. The van der Waals surface area contributed by atoms with E-state index in [1.165, 1.54) is 0 Å². The predicted octanol–water partition coefficient (Wildman–Crippen LogP) is 3.84. The van der Waals surface area contributed by atoms with Crippen molar-refractivity contribution in [2.24, 2.45) is 11.8 Å². The Balaban J connectivity index is 1.58. The fourth-order valence-electron chi connectivity index (χ4n) is 3.73. The van der Waals surface area contributed by atoms with Crippen molar-refractivity contribution >= 4 is 22.5 Å². The Morgan fingerprint density at radius 2 is 2.08 bits per heavy atom. The number of rotatable bonds is 6. The number of hydrogen-bond acceptors (Lipinski definition) is 4. The van der Waals surface area contributed by atoms with Gasteiger partial charge in [0.05, 0.1) is 17.5 Å². The van der Waals surface area contributed by atoms with Crippen LogP contribution in [0.25, 0.3) is 10.9 Å². The van der Waals surface area contributed by atoms with Crippen molar-refractivity contribution in [1.29, 1.82) is 0 Å². The first-order valence-corrected chi connectivity index (χ1v) is 9.64. The molecular weight excluding hydrogens is 326 g/mol. The average molecular weight is 355 g/mol. The quantitative estimate of drug-likeness (QED) is 0.825. The monoisotopic (exact) mass is 355 g/mol. The van der Waals surface area contributed by atoms with Gasteiger partial charge in [-0.05, 0) is 63.1 Å². The number of ether oxygens (including phenoxy) is 1. The second-order valence-electron chi connectivity index (χ2n) is 7.32. The fraction of sp³-hybridized carbons (Fsp3) is 0.524.